The summed E-state index contributed by atoms with van der Waals surface area (Å²) in [6.45, 7) is 3.75. The molecule has 0 spiro atoms. The van der Waals surface area contributed by atoms with Crippen molar-refractivity contribution in [2.75, 3.05) is 27.2 Å². The first-order valence-electron chi connectivity index (χ1n) is 8.59. The number of hydrogen-bond donors (Lipinski definition) is 2. The molecule has 0 aliphatic heterocycles. The molecule has 140 valence electrons. The third kappa shape index (κ3) is 5.93. The molecule has 1 atom stereocenters. The number of halogens is 1. The van der Waals surface area contributed by atoms with Crippen LogP contribution in [0.3, 0.4) is 0 Å². The smallest absolute Gasteiger partial charge is 0.194 e. The SMILES string of the molecule is CCNC(=NCC(O)c1ccc(OC)cc1)N(C)Cc1ccc(Cl)cc1. The van der Waals surface area contributed by atoms with Gasteiger partial charge in [-0.3, -0.25) is 4.99 Å². The maximum Gasteiger partial charge on any atom is 0.194 e. The second-order valence-electron chi connectivity index (χ2n) is 5.97. The summed E-state index contributed by atoms with van der Waals surface area (Å²) in [6, 6.07) is 15.1. The van der Waals surface area contributed by atoms with Crippen molar-refractivity contribution in [1.29, 1.82) is 0 Å². The predicted octanol–water partition coefficient (Wildman–Crippen LogP) is 3.48. The van der Waals surface area contributed by atoms with Gasteiger partial charge in [0.25, 0.3) is 0 Å². The molecule has 26 heavy (non-hydrogen) atoms. The van der Waals surface area contributed by atoms with E-state index in [0.29, 0.717) is 6.54 Å². The minimum atomic E-state index is -0.668. The molecule has 6 heteroatoms. The fraction of sp³-hybridized carbons (Fsp3) is 0.350. The van der Waals surface area contributed by atoms with Crippen molar-refractivity contribution in [3.05, 3.63) is 64.7 Å². The number of nitrogens with zero attached hydrogens (tertiary/aromatic N) is 2. The normalized spacial score (nSPS) is 12.6. The van der Waals surface area contributed by atoms with Gasteiger partial charge in [0.15, 0.2) is 5.96 Å². The summed E-state index contributed by atoms with van der Waals surface area (Å²) in [5.74, 6) is 1.51. The molecule has 0 saturated heterocycles. The Morgan fingerprint density at radius 3 is 2.42 bits per heavy atom. The Bertz CT molecular complexity index is 702. The first-order valence-corrected chi connectivity index (χ1v) is 8.97. The minimum Gasteiger partial charge on any atom is -0.497 e. The van der Waals surface area contributed by atoms with E-state index in [1.165, 1.54) is 0 Å². The van der Waals surface area contributed by atoms with E-state index in [2.05, 4.69) is 10.3 Å². The standard InChI is InChI=1S/C20H26ClN3O2/c1-4-22-20(24(2)14-15-5-9-17(21)10-6-15)23-13-19(25)16-7-11-18(26-3)12-8-16/h5-12,19,25H,4,13-14H2,1-3H3,(H,22,23). The molecule has 2 rings (SSSR count). The van der Waals surface area contributed by atoms with E-state index in [1.54, 1.807) is 7.11 Å². The Morgan fingerprint density at radius 2 is 1.85 bits per heavy atom. The third-order valence-corrected chi connectivity index (χ3v) is 4.20. The Kier molecular flexibility index (Phi) is 7.75. The number of ether oxygens (including phenoxy) is 1. The van der Waals surface area contributed by atoms with Gasteiger partial charge in [-0.1, -0.05) is 35.9 Å². The molecule has 0 aliphatic rings. The van der Waals surface area contributed by atoms with Crippen molar-refractivity contribution in [1.82, 2.24) is 10.2 Å². The quantitative estimate of drug-likeness (QED) is 0.574. The molecule has 0 heterocycles. The molecule has 2 aromatic rings. The first-order chi connectivity index (χ1) is 12.5. The average molecular weight is 376 g/mol. The molecule has 0 fully saturated rings. The number of aliphatic hydroxyl groups excluding tert-OH is 1. The second kappa shape index (κ2) is 10.0. The van der Waals surface area contributed by atoms with Crippen molar-refractivity contribution in [3.63, 3.8) is 0 Å². The first kappa shape index (κ1) is 20.1. The number of benzene rings is 2. The van der Waals surface area contributed by atoms with Crippen LogP contribution in [0, 0.1) is 0 Å². The van der Waals surface area contributed by atoms with Gasteiger partial charge in [-0.2, -0.15) is 0 Å². The summed E-state index contributed by atoms with van der Waals surface area (Å²) in [5, 5.41) is 14.4. The van der Waals surface area contributed by atoms with Gasteiger partial charge < -0.3 is 20.1 Å². The molecule has 5 nitrogen and oxygen atoms in total. The Hall–Kier alpha value is -2.24. The lowest BCUT2D eigenvalue weighted by Gasteiger charge is -2.22. The van der Waals surface area contributed by atoms with Gasteiger partial charge in [-0.15, -0.1) is 0 Å². The van der Waals surface area contributed by atoms with Crippen LogP contribution < -0.4 is 10.1 Å². The van der Waals surface area contributed by atoms with Crippen LogP contribution in [0.25, 0.3) is 0 Å². The zero-order valence-electron chi connectivity index (χ0n) is 15.4. The zero-order valence-corrected chi connectivity index (χ0v) is 16.2. The van der Waals surface area contributed by atoms with Crippen molar-refractivity contribution in [2.45, 2.75) is 19.6 Å². The molecule has 2 aromatic carbocycles. The number of methoxy groups -OCH3 is 1. The van der Waals surface area contributed by atoms with Crippen LogP contribution in [0.1, 0.15) is 24.2 Å². The molecule has 0 aliphatic carbocycles. The van der Waals surface area contributed by atoms with Crippen molar-refractivity contribution in [2.24, 2.45) is 4.99 Å². The fourth-order valence-electron chi connectivity index (χ4n) is 2.51. The molecular formula is C20H26ClN3O2. The van der Waals surface area contributed by atoms with Gasteiger partial charge in [0.2, 0.25) is 0 Å². The molecule has 1 unspecified atom stereocenters. The van der Waals surface area contributed by atoms with Crippen molar-refractivity contribution >= 4 is 17.6 Å². The molecule has 0 saturated carbocycles. The number of rotatable bonds is 7. The number of aliphatic hydroxyl groups is 1. The van der Waals surface area contributed by atoms with Gasteiger partial charge in [-0.25, -0.2) is 0 Å². The second-order valence-corrected chi connectivity index (χ2v) is 6.40. The minimum absolute atomic E-state index is 0.277. The molecule has 0 radical (unpaired) electrons. The van der Waals surface area contributed by atoms with E-state index in [-0.39, 0.29) is 6.54 Å². The van der Waals surface area contributed by atoms with Crippen LogP contribution in [0.15, 0.2) is 53.5 Å². The summed E-state index contributed by atoms with van der Waals surface area (Å²) >= 11 is 5.94. The summed E-state index contributed by atoms with van der Waals surface area (Å²) < 4.78 is 5.14. The van der Waals surface area contributed by atoms with E-state index < -0.39 is 6.10 Å². The van der Waals surface area contributed by atoms with E-state index in [4.69, 9.17) is 16.3 Å². The lowest BCUT2D eigenvalue weighted by molar-refractivity contribution is 0.186. The Balaban J connectivity index is 2.02. The number of guanidine groups is 1. The summed E-state index contributed by atoms with van der Waals surface area (Å²) in [5.41, 5.74) is 1.95. The van der Waals surface area contributed by atoms with Crippen molar-refractivity contribution < 1.29 is 9.84 Å². The van der Waals surface area contributed by atoms with E-state index in [0.717, 1.165) is 34.4 Å². The Morgan fingerprint density at radius 1 is 1.19 bits per heavy atom. The van der Waals surface area contributed by atoms with Crippen LogP contribution in [0.5, 0.6) is 5.75 Å². The zero-order chi connectivity index (χ0) is 18.9. The van der Waals surface area contributed by atoms with E-state index >= 15 is 0 Å². The molecule has 2 N–H and O–H groups in total. The fourth-order valence-corrected chi connectivity index (χ4v) is 2.64. The maximum atomic E-state index is 10.4. The summed E-state index contributed by atoms with van der Waals surface area (Å²) in [7, 11) is 3.59. The highest BCUT2D eigenvalue weighted by Crippen LogP contribution is 2.18. The molecule has 0 amide bonds. The van der Waals surface area contributed by atoms with E-state index in [9.17, 15) is 5.11 Å². The molecular weight excluding hydrogens is 350 g/mol. The monoisotopic (exact) mass is 375 g/mol. The van der Waals surface area contributed by atoms with Crippen LogP contribution in [-0.2, 0) is 6.54 Å². The third-order valence-electron chi connectivity index (χ3n) is 3.94. The van der Waals surface area contributed by atoms with Gasteiger partial charge in [0.05, 0.1) is 19.8 Å². The van der Waals surface area contributed by atoms with Crippen LogP contribution >= 0.6 is 11.6 Å². The Labute approximate surface area is 160 Å². The lowest BCUT2D eigenvalue weighted by Crippen LogP contribution is -2.38. The van der Waals surface area contributed by atoms with Crippen LogP contribution in [-0.4, -0.2) is 43.2 Å². The highest BCUT2D eigenvalue weighted by molar-refractivity contribution is 6.30. The molecule has 0 bridgehead atoms. The van der Waals surface area contributed by atoms with Gasteiger partial charge in [0, 0.05) is 25.2 Å². The topological polar surface area (TPSA) is 57.1 Å². The van der Waals surface area contributed by atoms with Crippen LogP contribution in [0.4, 0.5) is 0 Å². The van der Waals surface area contributed by atoms with Gasteiger partial charge >= 0.3 is 0 Å². The molecule has 0 aromatic heterocycles. The lowest BCUT2D eigenvalue weighted by atomic mass is 10.1. The largest absolute Gasteiger partial charge is 0.497 e. The predicted molar refractivity (Wildman–Crippen MR) is 107 cm³/mol. The van der Waals surface area contributed by atoms with Crippen molar-refractivity contribution in [3.8, 4) is 5.75 Å². The average Bonchev–Trinajstić information content (AvgIpc) is 2.66. The van der Waals surface area contributed by atoms with E-state index in [1.807, 2.05) is 67.4 Å². The number of hydrogen-bond acceptors (Lipinski definition) is 3. The van der Waals surface area contributed by atoms with Gasteiger partial charge in [-0.05, 0) is 42.3 Å². The maximum absolute atomic E-state index is 10.4. The summed E-state index contributed by atoms with van der Waals surface area (Å²) in [6.07, 6.45) is -0.668. The van der Waals surface area contributed by atoms with Gasteiger partial charge in [0.1, 0.15) is 5.75 Å². The highest BCUT2D eigenvalue weighted by Gasteiger charge is 2.10. The van der Waals surface area contributed by atoms with Crippen LogP contribution in [0.2, 0.25) is 5.02 Å². The highest BCUT2D eigenvalue weighted by atomic mass is 35.5. The number of nitrogens with one attached hydrogen (secondary N) is 1. The number of aliphatic imine (C=N–C) groups is 1. The summed E-state index contributed by atoms with van der Waals surface area (Å²) in [4.78, 5) is 6.59.